The SMILES string of the molecule is O=c1[nH]c(=S)[nH]c(O)c1-c1onc2ccccc12. The molecule has 0 aliphatic heterocycles. The second-order valence-electron chi connectivity index (χ2n) is 3.66. The van der Waals surface area contributed by atoms with E-state index in [1.165, 1.54) is 0 Å². The number of aromatic amines is 2. The Morgan fingerprint density at radius 2 is 2.06 bits per heavy atom. The summed E-state index contributed by atoms with van der Waals surface area (Å²) in [6.07, 6.45) is 0. The fraction of sp³-hybridized carbons (Fsp3) is 0. The summed E-state index contributed by atoms with van der Waals surface area (Å²) in [7, 11) is 0. The van der Waals surface area contributed by atoms with Crippen LogP contribution in [-0.4, -0.2) is 20.2 Å². The third-order valence-electron chi connectivity index (χ3n) is 2.53. The van der Waals surface area contributed by atoms with Crippen molar-refractivity contribution in [2.24, 2.45) is 0 Å². The van der Waals surface area contributed by atoms with Gasteiger partial charge in [0.1, 0.15) is 11.1 Å². The van der Waals surface area contributed by atoms with Crippen molar-refractivity contribution in [3.63, 3.8) is 0 Å². The predicted octanol–water partition coefficient (Wildman–Crippen LogP) is 1.95. The van der Waals surface area contributed by atoms with Gasteiger partial charge in [-0.1, -0.05) is 17.3 Å². The van der Waals surface area contributed by atoms with E-state index in [-0.39, 0.29) is 22.0 Å². The van der Waals surface area contributed by atoms with Crippen LogP contribution >= 0.6 is 12.2 Å². The molecule has 0 aliphatic carbocycles. The van der Waals surface area contributed by atoms with Crippen LogP contribution in [0.25, 0.3) is 22.2 Å². The van der Waals surface area contributed by atoms with E-state index in [2.05, 4.69) is 15.1 Å². The first-order chi connectivity index (χ1) is 8.66. The van der Waals surface area contributed by atoms with Crippen LogP contribution < -0.4 is 5.56 Å². The lowest BCUT2D eigenvalue weighted by Gasteiger charge is -1.99. The molecular weight excluding hydrogens is 254 g/mol. The first kappa shape index (κ1) is 10.7. The molecule has 0 spiro atoms. The highest BCUT2D eigenvalue weighted by molar-refractivity contribution is 7.71. The number of rotatable bonds is 1. The number of benzene rings is 1. The van der Waals surface area contributed by atoms with Gasteiger partial charge in [0, 0.05) is 0 Å². The third kappa shape index (κ3) is 1.52. The zero-order valence-electron chi connectivity index (χ0n) is 8.93. The van der Waals surface area contributed by atoms with Gasteiger partial charge in [-0.2, -0.15) is 0 Å². The van der Waals surface area contributed by atoms with E-state index in [9.17, 15) is 9.90 Å². The van der Waals surface area contributed by atoms with Crippen molar-refractivity contribution in [2.75, 3.05) is 0 Å². The molecule has 3 rings (SSSR count). The molecule has 90 valence electrons. The molecule has 3 N–H and O–H groups in total. The Morgan fingerprint density at radius 3 is 2.83 bits per heavy atom. The molecule has 0 aliphatic rings. The van der Waals surface area contributed by atoms with Crippen LogP contribution in [0.3, 0.4) is 0 Å². The van der Waals surface area contributed by atoms with Crippen molar-refractivity contribution in [3.8, 4) is 17.2 Å². The summed E-state index contributed by atoms with van der Waals surface area (Å²) in [4.78, 5) is 16.7. The van der Waals surface area contributed by atoms with E-state index in [0.29, 0.717) is 10.9 Å². The van der Waals surface area contributed by atoms with Gasteiger partial charge in [0.05, 0.1) is 5.39 Å². The minimum atomic E-state index is -0.529. The van der Waals surface area contributed by atoms with Gasteiger partial charge in [-0.3, -0.25) is 9.78 Å². The van der Waals surface area contributed by atoms with Crippen molar-refractivity contribution in [2.45, 2.75) is 0 Å². The van der Waals surface area contributed by atoms with E-state index >= 15 is 0 Å². The fourth-order valence-electron chi connectivity index (χ4n) is 1.75. The Balaban J connectivity index is 2.40. The van der Waals surface area contributed by atoms with Gasteiger partial charge in [-0.25, -0.2) is 0 Å². The summed E-state index contributed by atoms with van der Waals surface area (Å²) in [6, 6.07) is 7.09. The van der Waals surface area contributed by atoms with Crippen molar-refractivity contribution >= 4 is 23.1 Å². The van der Waals surface area contributed by atoms with Crippen LogP contribution in [-0.2, 0) is 0 Å². The van der Waals surface area contributed by atoms with E-state index in [0.717, 1.165) is 0 Å². The monoisotopic (exact) mass is 261 g/mol. The standard InChI is InChI=1S/C11H7N3O3S/c15-9-7(10(16)13-11(18)12-9)8-5-3-1-2-4-6(5)14-17-8/h1-4H,(H3,12,13,15,16,18). The highest BCUT2D eigenvalue weighted by atomic mass is 32.1. The van der Waals surface area contributed by atoms with Crippen molar-refractivity contribution in [1.29, 1.82) is 0 Å². The number of nitrogens with one attached hydrogen (secondary N) is 2. The molecule has 2 heterocycles. The van der Waals surface area contributed by atoms with Gasteiger partial charge in [-0.15, -0.1) is 0 Å². The molecule has 1 aromatic carbocycles. The summed E-state index contributed by atoms with van der Waals surface area (Å²) < 4.78 is 5.16. The molecular formula is C11H7N3O3S. The number of aromatic hydroxyl groups is 1. The van der Waals surface area contributed by atoms with Crippen LogP contribution in [0.2, 0.25) is 0 Å². The second kappa shape index (κ2) is 3.81. The fourth-order valence-corrected chi connectivity index (χ4v) is 1.94. The molecule has 18 heavy (non-hydrogen) atoms. The maximum Gasteiger partial charge on any atom is 0.266 e. The molecule has 0 amide bonds. The molecule has 3 aromatic rings. The predicted molar refractivity (Wildman–Crippen MR) is 66.9 cm³/mol. The maximum absolute atomic E-state index is 11.8. The molecule has 0 bridgehead atoms. The Hall–Kier alpha value is -2.41. The van der Waals surface area contributed by atoms with Crippen LogP contribution in [0, 0.1) is 4.77 Å². The van der Waals surface area contributed by atoms with Gasteiger partial charge in [0.2, 0.25) is 5.88 Å². The first-order valence-corrected chi connectivity index (χ1v) is 5.48. The number of hydrogen-bond acceptors (Lipinski definition) is 5. The van der Waals surface area contributed by atoms with Crippen LogP contribution in [0.1, 0.15) is 0 Å². The largest absolute Gasteiger partial charge is 0.494 e. The van der Waals surface area contributed by atoms with Gasteiger partial charge in [-0.05, 0) is 24.4 Å². The molecule has 0 saturated heterocycles. The maximum atomic E-state index is 11.8. The summed E-state index contributed by atoms with van der Waals surface area (Å²) >= 11 is 4.75. The average molecular weight is 261 g/mol. The normalized spacial score (nSPS) is 10.9. The van der Waals surface area contributed by atoms with Gasteiger partial charge in [0.15, 0.2) is 10.5 Å². The molecule has 0 fully saturated rings. The van der Waals surface area contributed by atoms with Crippen molar-refractivity contribution in [3.05, 3.63) is 39.4 Å². The van der Waals surface area contributed by atoms with Crippen LogP contribution in [0.5, 0.6) is 5.88 Å². The summed E-state index contributed by atoms with van der Waals surface area (Å²) in [5, 5.41) is 14.2. The quantitative estimate of drug-likeness (QED) is 0.582. The second-order valence-corrected chi connectivity index (χ2v) is 4.07. The molecule has 0 unspecified atom stereocenters. The van der Waals surface area contributed by atoms with E-state index < -0.39 is 5.56 Å². The van der Waals surface area contributed by atoms with E-state index in [4.69, 9.17) is 16.7 Å². The number of fused-ring (bicyclic) bond motifs is 1. The smallest absolute Gasteiger partial charge is 0.266 e. The lowest BCUT2D eigenvalue weighted by Crippen LogP contribution is -2.10. The van der Waals surface area contributed by atoms with Gasteiger partial charge >= 0.3 is 0 Å². The number of nitrogens with zero attached hydrogens (tertiary/aromatic N) is 1. The van der Waals surface area contributed by atoms with Crippen molar-refractivity contribution in [1.82, 2.24) is 15.1 Å². The van der Waals surface area contributed by atoms with Crippen LogP contribution in [0.15, 0.2) is 33.6 Å². The highest BCUT2D eigenvalue weighted by Gasteiger charge is 2.18. The summed E-state index contributed by atoms with van der Waals surface area (Å²) in [6.45, 7) is 0. The summed E-state index contributed by atoms with van der Waals surface area (Å²) in [5.41, 5.74) is 0.0594. The Morgan fingerprint density at radius 1 is 1.28 bits per heavy atom. The lowest BCUT2D eigenvalue weighted by molar-refractivity contribution is 0.425. The lowest BCUT2D eigenvalue weighted by atomic mass is 10.1. The van der Waals surface area contributed by atoms with Gasteiger partial charge in [0.25, 0.3) is 5.56 Å². The molecule has 0 radical (unpaired) electrons. The third-order valence-corrected chi connectivity index (χ3v) is 2.74. The van der Waals surface area contributed by atoms with E-state index in [1.807, 2.05) is 0 Å². The Labute approximate surface area is 105 Å². The zero-order chi connectivity index (χ0) is 12.7. The number of H-pyrrole nitrogens is 2. The number of aromatic nitrogens is 3. The van der Waals surface area contributed by atoms with Crippen LogP contribution in [0.4, 0.5) is 0 Å². The minimum Gasteiger partial charge on any atom is -0.494 e. The highest BCUT2D eigenvalue weighted by Crippen LogP contribution is 2.30. The van der Waals surface area contributed by atoms with Gasteiger partial charge < -0.3 is 14.6 Å². The number of hydrogen-bond donors (Lipinski definition) is 3. The Kier molecular flexibility index (Phi) is 2.27. The Bertz CT molecular complexity index is 846. The molecule has 2 aromatic heterocycles. The first-order valence-electron chi connectivity index (χ1n) is 5.07. The average Bonchev–Trinajstić information content (AvgIpc) is 2.72. The molecule has 0 atom stereocenters. The molecule has 0 saturated carbocycles. The van der Waals surface area contributed by atoms with Crippen molar-refractivity contribution < 1.29 is 9.63 Å². The zero-order valence-corrected chi connectivity index (χ0v) is 9.75. The topological polar surface area (TPSA) is 94.9 Å². The molecule has 6 nitrogen and oxygen atoms in total. The summed E-state index contributed by atoms with van der Waals surface area (Å²) in [5.74, 6) is -0.138. The minimum absolute atomic E-state index is 0.0164. The van der Waals surface area contributed by atoms with E-state index in [1.54, 1.807) is 24.3 Å². The molecule has 7 heteroatoms.